The zero-order valence-electron chi connectivity index (χ0n) is 11.4. The maximum atomic E-state index is 10.4. The Balaban J connectivity index is 2.29. The molecule has 0 radical (unpaired) electrons. The summed E-state index contributed by atoms with van der Waals surface area (Å²) in [5.41, 5.74) is 5.61. The molecule has 2 nitrogen and oxygen atoms in total. The summed E-state index contributed by atoms with van der Waals surface area (Å²) in [6, 6.07) is 8.06. The standard InChI is InChI=1S/C16H18BrNO/c1-10-7-11(2)13(12(3)8-10)9-15(19)16-14(17)5-4-6-18-16/h4-8,15,19H,9H2,1-3H3. The highest BCUT2D eigenvalue weighted by Gasteiger charge is 2.15. The van der Waals surface area contributed by atoms with Crippen LogP contribution in [-0.4, -0.2) is 10.1 Å². The van der Waals surface area contributed by atoms with Gasteiger partial charge in [-0.3, -0.25) is 4.98 Å². The van der Waals surface area contributed by atoms with Gasteiger partial charge >= 0.3 is 0 Å². The molecule has 0 fully saturated rings. The van der Waals surface area contributed by atoms with E-state index in [0.717, 1.165) is 4.47 Å². The van der Waals surface area contributed by atoms with Crippen LogP contribution in [-0.2, 0) is 6.42 Å². The number of hydrogen-bond donors (Lipinski definition) is 1. The van der Waals surface area contributed by atoms with Crippen LogP contribution in [0.25, 0.3) is 0 Å². The quantitative estimate of drug-likeness (QED) is 0.926. The molecule has 0 aliphatic rings. The normalized spacial score (nSPS) is 12.5. The Hall–Kier alpha value is -1.19. The van der Waals surface area contributed by atoms with E-state index in [1.165, 1.54) is 22.3 Å². The van der Waals surface area contributed by atoms with Crippen LogP contribution < -0.4 is 0 Å². The molecule has 1 aromatic heterocycles. The SMILES string of the molecule is Cc1cc(C)c(CC(O)c2ncccc2Br)c(C)c1. The molecule has 2 aromatic rings. The van der Waals surface area contributed by atoms with Crippen LogP contribution in [0.1, 0.15) is 34.1 Å². The van der Waals surface area contributed by atoms with Crippen LogP contribution in [0.15, 0.2) is 34.9 Å². The minimum absolute atomic E-state index is 0.587. The fourth-order valence-electron chi connectivity index (χ4n) is 2.47. The van der Waals surface area contributed by atoms with Gasteiger partial charge in [0, 0.05) is 17.1 Å². The van der Waals surface area contributed by atoms with Crippen molar-refractivity contribution in [2.75, 3.05) is 0 Å². The Morgan fingerprint density at radius 3 is 2.42 bits per heavy atom. The third kappa shape index (κ3) is 3.23. The second-order valence-electron chi connectivity index (χ2n) is 4.97. The number of aliphatic hydroxyl groups excluding tert-OH is 1. The largest absolute Gasteiger partial charge is 0.386 e. The number of rotatable bonds is 3. The molecule has 0 saturated heterocycles. The predicted octanol–water partition coefficient (Wildman–Crippen LogP) is 4.05. The van der Waals surface area contributed by atoms with Gasteiger partial charge < -0.3 is 5.11 Å². The van der Waals surface area contributed by atoms with Crippen molar-refractivity contribution >= 4 is 15.9 Å². The number of aliphatic hydroxyl groups is 1. The minimum Gasteiger partial charge on any atom is -0.386 e. The lowest BCUT2D eigenvalue weighted by Crippen LogP contribution is -2.07. The number of benzene rings is 1. The smallest absolute Gasteiger partial charge is 0.101 e. The average Bonchev–Trinajstić information content (AvgIpc) is 2.34. The molecular formula is C16H18BrNO. The predicted molar refractivity (Wildman–Crippen MR) is 81.3 cm³/mol. The van der Waals surface area contributed by atoms with E-state index in [0.29, 0.717) is 12.1 Å². The molecule has 2 rings (SSSR count). The molecule has 0 bridgehead atoms. The van der Waals surface area contributed by atoms with Crippen LogP contribution in [0.4, 0.5) is 0 Å². The molecule has 0 saturated carbocycles. The van der Waals surface area contributed by atoms with Crippen molar-refractivity contribution in [2.24, 2.45) is 0 Å². The van der Waals surface area contributed by atoms with E-state index in [4.69, 9.17) is 0 Å². The number of hydrogen-bond acceptors (Lipinski definition) is 2. The monoisotopic (exact) mass is 319 g/mol. The van der Waals surface area contributed by atoms with Crippen LogP contribution in [0.2, 0.25) is 0 Å². The van der Waals surface area contributed by atoms with Gasteiger partial charge in [0.2, 0.25) is 0 Å². The third-order valence-corrected chi connectivity index (χ3v) is 4.01. The van der Waals surface area contributed by atoms with Crippen molar-refractivity contribution in [2.45, 2.75) is 33.3 Å². The Labute approximate surface area is 122 Å². The molecular weight excluding hydrogens is 302 g/mol. The molecule has 19 heavy (non-hydrogen) atoms. The highest BCUT2D eigenvalue weighted by Crippen LogP contribution is 2.26. The number of nitrogens with zero attached hydrogens (tertiary/aromatic N) is 1. The highest BCUT2D eigenvalue weighted by molar-refractivity contribution is 9.10. The third-order valence-electron chi connectivity index (χ3n) is 3.34. The van der Waals surface area contributed by atoms with E-state index in [-0.39, 0.29) is 0 Å². The van der Waals surface area contributed by atoms with Gasteiger partial charge in [0.1, 0.15) is 6.10 Å². The van der Waals surface area contributed by atoms with Crippen molar-refractivity contribution in [1.82, 2.24) is 4.98 Å². The first-order chi connectivity index (χ1) is 8.99. The molecule has 0 aliphatic carbocycles. The fourth-order valence-corrected chi connectivity index (χ4v) is 2.98. The molecule has 3 heteroatoms. The number of aryl methyl sites for hydroxylation is 3. The van der Waals surface area contributed by atoms with E-state index >= 15 is 0 Å². The van der Waals surface area contributed by atoms with Crippen molar-refractivity contribution in [3.63, 3.8) is 0 Å². The van der Waals surface area contributed by atoms with Crippen LogP contribution in [0.3, 0.4) is 0 Å². The van der Waals surface area contributed by atoms with Crippen molar-refractivity contribution in [3.05, 3.63) is 62.9 Å². The summed E-state index contributed by atoms with van der Waals surface area (Å²) in [6.45, 7) is 6.28. The fraction of sp³-hybridized carbons (Fsp3) is 0.312. The average molecular weight is 320 g/mol. The van der Waals surface area contributed by atoms with E-state index in [9.17, 15) is 5.11 Å². The van der Waals surface area contributed by atoms with E-state index < -0.39 is 6.10 Å². The van der Waals surface area contributed by atoms with Gasteiger partial charge in [0.05, 0.1) is 5.69 Å². The van der Waals surface area contributed by atoms with Crippen molar-refractivity contribution in [3.8, 4) is 0 Å². The van der Waals surface area contributed by atoms with Crippen LogP contribution >= 0.6 is 15.9 Å². The van der Waals surface area contributed by atoms with E-state index in [1.54, 1.807) is 6.20 Å². The lowest BCUT2D eigenvalue weighted by molar-refractivity contribution is 0.172. The van der Waals surface area contributed by atoms with Gasteiger partial charge in [-0.1, -0.05) is 17.7 Å². The lowest BCUT2D eigenvalue weighted by Gasteiger charge is -2.16. The molecule has 0 amide bonds. The van der Waals surface area contributed by atoms with Gasteiger partial charge in [0.15, 0.2) is 0 Å². The number of pyridine rings is 1. The first-order valence-corrected chi connectivity index (χ1v) is 7.13. The molecule has 1 heterocycles. The lowest BCUT2D eigenvalue weighted by atomic mass is 9.94. The molecule has 1 N–H and O–H groups in total. The topological polar surface area (TPSA) is 33.1 Å². The number of aromatic nitrogens is 1. The van der Waals surface area contributed by atoms with Gasteiger partial charge in [-0.05, 0) is 65.5 Å². The van der Waals surface area contributed by atoms with Gasteiger partial charge in [0.25, 0.3) is 0 Å². The first-order valence-electron chi connectivity index (χ1n) is 6.34. The zero-order chi connectivity index (χ0) is 14.0. The summed E-state index contributed by atoms with van der Waals surface area (Å²) >= 11 is 3.44. The maximum Gasteiger partial charge on any atom is 0.101 e. The van der Waals surface area contributed by atoms with E-state index in [1.807, 2.05) is 12.1 Å². The van der Waals surface area contributed by atoms with Crippen LogP contribution in [0.5, 0.6) is 0 Å². The molecule has 1 atom stereocenters. The molecule has 100 valence electrons. The van der Waals surface area contributed by atoms with Crippen molar-refractivity contribution in [1.29, 1.82) is 0 Å². The summed E-state index contributed by atoms with van der Waals surface area (Å²) in [5.74, 6) is 0. The van der Waals surface area contributed by atoms with Crippen molar-refractivity contribution < 1.29 is 5.11 Å². The first kappa shape index (κ1) is 14.2. The Morgan fingerprint density at radius 2 is 1.84 bits per heavy atom. The summed E-state index contributed by atoms with van der Waals surface area (Å²) in [4.78, 5) is 4.25. The Kier molecular flexibility index (Phi) is 4.38. The summed E-state index contributed by atoms with van der Waals surface area (Å²) in [7, 11) is 0. The number of halogens is 1. The summed E-state index contributed by atoms with van der Waals surface area (Å²) in [6.07, 6.45) is 1.71. The molecule has 1 unspecified atom stereocenters. The van der Waals surface area contributed by atoms with Gasteiger partial charge in [-0.2, -0.15) is 0 Å². The van der Waals surface area contributed by atoms with Gasteiger partial charge in [-0.15, -0.1) is 0 Å². The Morgan fingerprint density at radius 1 is 1.21 bits per heavy atom. The maximum absolute atomic E-state index is 10.4. The van der Waals surface area contributed by atoms with Crippen LogP contribution in [0, 0.1) is 20.8 Å². The Bertz CT molecular complexity index is 572. The van der Waals surface area contributed by atoms with E-state index in [2.05, 4.69) is 53.8 Å². The molecule has 1 aromatic carbocycles. The highest BCUT2D eigenvalue weighted by atomic mass is 79.9. The zero-order valence-corrected chi connectivity index (χ0v) is 13.0. The minimum atomic E-state index is -0.587. The summed E-state index contributed by atoms with van der Waals surface area (Å²) in [5, 5.41) is 10.4. The van der Waals surface area contributed by atoms with Gasteiger partial charge in [-0.25, -0.2) is 0 Å². The second kappa shape index (κ2) is 5.85. The second-order valence-corrected chi connectivity index (χ2v) is 5.82. The molecule has 0 spiro atoms. The summed E-state index contributed by atoms with van der Waals surface area (Å²) < 4.78 is 0.852. The molecule has 0 aliphatic heterocycles.